The number of benzene rings is 2. The summed E-state index contributed by atoms with van der Waals surface area (Å²) in [7, 11) is 2.97. The van der Waals surface area contributed by atoms with E-state index in [0.29, 0.717) is 23.7 Å². The molecule has 0 aliphatic heterocycles. The third-order valence-corrected chi connectivity index (χ3v) is 7.53. The van der Waals surface area contributed by atoms with Gasteiger partial charge in [0.1, 0.15) is 0 Å². The second-order valence-electron chi connectivity index (χ2n) is 12.1. The Morgan fingerprint density at radius 3 is 1.10 bits per heavy atom. The quantitative estimate of drug-likeness (QED) is 0.130. The van der Waals surface area contributed by atoms with E-state index in [9.17, 15) is 0 Å². The molecule has 4 rings (SSSR count). The van der Waals surface area contributed by atoms with E-state index in [4.69, 9.17) is 0 Å². The molecule has 0 saturated heterocycles. The van der Waals surface area contributed by atoms with Crippen molar-refractivity contribution in [2.45, 2.75) is 119 Å². The van der Waals surface area contributed by atoms with Crippen LogP contribution in [-0.4, -0.2) is 7.63 Å². The van der Waals surface area contributed by atoms with E-state index >= 15 is 0 Å². The van der Waals surface area contributed by atoms with Crippen LogP contribution in [0.25, 0.3) is 21.5 Å². The number of fused-ring (bicyclic) bond motifs is 2. The second-order valence-corrected chi connectivity index (χ2v) is 12.1. The summed E-state index contributed by atoms with van der Waals surface area (Å²) >= 11 is 1.81. The van der Waals surface area contributed by atoms with Crippen molar-refractivity contribution >= 4 is 54.0 Å². The summed E-state index contributed by atoms with van der Waals surface area (Å²) in [6, 6.07) is 19.2. The van der Waals surface area contributed by atoms with Crippen molar-refractivity contribution in [3.05, 3.63) is 96.8 Å². The molecule has 4 heteroatoms. The van der Waals surface area contributed by atoms with Gasteiger partial charge in [-0.1, -0.05) is 116 Å². The Labute approximate surface area is 286 Å². The predicted octanol–water partition coefficient (Wildman–Crippen LogP) is 12.9. The minimum absolute atomic E-state index is 0. The van der Waals surface area contributed by atoms with Gasteiger partial charge >= 0.3 is 26.8 Å². The molecule has 236 valence electrons. The van der Waals surface area contributed by atoms with Gasteiger partial charge in [-0.2, -0.15) is 12.1 Å². The van der Waals surface area contributed by atoms with Crippen molar-refractivity contribution in [2.24, 2.45) is 0 Å². The molecule has 4 aromatic rings. The fourth-order valence-electron chi connectivity index (χ4n) is 5.36. The molecule has 0 saturated carbocycles. The van der Waals surface area contributed by atoms with Gasteiger partial charge in [0.15, 0.2) is 0 Å². The van der Waals surface area contributed by atoms with Gasteiger partial charge in [0, 0.05) is 0 Å². The number of hydrogen-bond acceptors (Lipinski definition) is 0. The van der Waals surface area contributed by atoms with E-state index < -0.39 is 0 Å². The molecule has 0 aliphatic carbocycles. The monoisotopic (exact) mass is 660 g/mol. The molecule has 2 radical (unpaired) electrons. The first-order chi connectivity index (χ1) is 18.0. The van der Waals surface area contributed by atoms with Gasteiger partial charge < -0.3 is 14.9 Å². The van der Waals surface area contributed by atoms with Crippen molar-refractivity contribution in [2.75, 3.05) is 0 Å². The second kappa shape index (κ2) is 21.8. The minimum atomic E-state index is 0. The van der Waals surface area contributed by atoms with Gasteiger partial charge in [0.2, 0.25) is 0 Å². The number of halogens is 2. The van der Waals surface area contributed by atoms with E-state index in [1.165, 1.54) is 80.6 Å². The van der Waals surface area contributed by atoms with Crippen LogP contribution in [0.5, 0.6) is 0 Å². The first kappa shape index (κ1) is 45.6. The van der Waals surface area contributed by atoms with Crippen molar-refractivity contribution in [1.82, 2.24) is 0 Å². The van der Waals surface area contributed by atoms with Gasteiger partial charge in [-0.25, -0.2) is 0 Å². The van der Waals surface area contributed by atoms with Gasteiger partial charge in [0.05, 0.1) is 0 Å². The molecule has 4 aromatic carbocycles. The van der Waals surface area contributed by atoms with Gasteiger partial charge in [-0.15, -0.1) is 81.8 Å². The Morgan fingerprint density at radius 2 is 0.857 bits per heavy atom. The van der Waals surface area contributed by atoms with Crippen LogP contribution in [0.2, 0.25) is 0 Å². The zero-order chi connectivity index (χ0) is 28.6. The van der Waals surface area contributed by atoms with Crippen LogP contribution in [0, 0.1) is 14.9 Å². The van der Waals surface area contributed by atoms with Gasteiger partial charge in [-0.05, 0) is 36.5 Å². The van der Waals surface area contributed by atoms with Gasteiger partial charge in [-0.3, -0.25) is 0 Å². The number of rotatable bonds is 8. The molecule has 0 aliphatic rings. The zero-order valence-corrected chi connectivity index (χ0v) is 32.8. The molecule has 0 fully saturated rings. The Morgan fingerprint density at radius 1 is 0.548 bits per heavy atom. The summed E-state index contributed by atoms with van der Waals surface area (Å²) in [6.07, 6.45) is 4.85. The summed E-state index contributed by atoms with van der Waals surface area (Å²) in [5.74, 6) is 2.42. The topological polar surface area (TPSA) is 0 Å². The average molecular weight is 662 g/mol. The fourth-order valence-corrected chi connectivity index (χ4v) is 5.36. The molecule has 0 N–H and O–H groups in total. The van der Waals surface area contributed by atoms with Gasteiger partial charge in [0.25, 0.3) is 0 Å². The maximum atomic E-state index is 2.97. The van der Waals surface area contributed by atoms with Crippen molar-refractivity contribution in [1.29, 1.82) is 0 Å². The Hall–Kier alpha value is -0.829. The summed E-state index contributed by atoms with van der Waals surface area (Å²) in [6.45, 7) is 22.8. The van der Waals surface area contributed by atoms with E-state index in [-0.39, 0.29) is 39.7 Å². The maximum absolute atomic E-state index is 2.97. The van der Waals surface area contributed by atoms with Crippen LogP contribution in [0.15, 0.2) is 48.5 Å². The van der Waals surface area contributed by atoms with Crippen molar-refractivity contribution in [3.8, 4) is 0 Å². The molecule has 0 bridgehead atoms. The summed E-state index contributed by atoms with van der Waals surface area (Å²) < 4.78 is 0. The Kier molecular flexibility index (Phi) is 23.7. The average Bonchev–Trinajstić information content (AvgIpc) is 3.47. The molecule has 0 heterocycles. The van der Waals surface area contributed by atoms with Crippen molar-refractivity contribution < 1.29 is 19.2 Å². The molecule has 0 nitrogen and oxygen atoms in total. The van der Waals surface area contributed by atoms with Crippen LogP contribution < -0.4 is 0 Å². The first-order valence-electron chi connectivity index (χ1n) is 14.8. The Bertz CT molecular complexity index is 1190. The van der Waals surface area contributed by atoms with Crippen LogP contribution in [0.4, 0.5) is 0 Å². The number of aryl methyl sites for hydroxylation is 2. The molecule has 0 atom stereocenters. The van der Waals surface area contributed by atoms with E-state index in [0.717, 1.165) is 0 Å². The molecule has 0 spiro atoms. The SMILES string of the molecule is CCCc1cc2c(C(C)C)cc(C(C)C)cc2[cH-]1.CCCc1cc2c(C(C)C)cc(C(C)C)cc2[cH-]1.Cl.Cl.[CH3-].[CH3-].[Si]=[Ti]. The Balaban J connectivity index is -0.000000627. The molecule has 0 aromatic heterocycles. The molecular formula is C38H58Cl2SiTi-4. The van der Waals surface area contributed by atoms with E-state index in [2.05, 4.69) is 125 Å². The van der Waals surface area contributed by atoms with Crippen LogP contribution in [-0.2, 0) is 32.0 Å². The van der Waals surface area contributed by atoms with Crippen molar-refractivity contribution in [3.63, 3.8) is 0 Å². The number of hydrogen-bond donors (Lipinski definition) is 0. The first-order valence-corrected chi connectivity index (χ1v) is 17.6. The molecule has 42 heavy (non-hydrogen) atoms. The third kappa shape index (κ3) is 11.9. The third-order valence-electron chi connectivity index (χ3n) is 7.53. The summed E-state index contributed by atoms with van der Waals surface area (Å²) in [5, 5.41) is 5.82. The predicted molar refractivity (Wildman–Crippen MR) is 197 cm³/mol. The van der Waals surface area contributed by atoms with Crippen LogP contribution in [0.3, 0.4) is 0 Å². The van der Waals surface area contributed by atoms with Crippen LogP contribution >= 0.6 is 24.8 Å². The van der Waals surface area contributed by atoms with E-state index in [1.54, 1.807) is 19.2 Å². The molecule has 0 amide bonds. The standard InChI is InChI=1S/2C18H25.2CH3.2ClH.Si.Ti/c2*1-6-7-14-8-16-10-15(12(2)3)11-17(13(4)5)18(16)9-14;;;;;;/h2*8-13H,6-7H2,1-5H3;2*1H3;2*1H;;/q4*-1;;;;. The molecule has 0 unspecified atom stereocenters. The fraction of sp³-hybridized carbons (Fsp3) is 0.474. The zero-order valence-electron chi connectivity index (χ0n) is 28.6. The van der Waals surface area contributed by atoms with E-state index in [1.807, 2.05) is 0 Å². The summed E-state index contributed by atoms with van der Waals surface area (Å²) in [4.78, 5) is 0. The normalized spacial score (nSPS) is 10.3. The summed E-state index contributed by atoms with van der Waals surface area (Å²) in [5.41, 5.74) is 8.96. The van der Waals surface area contributed by atoms with Crippen LogP contribution in [0.1, 0.15) is 139 Å². The molecular weight excluding hydrogens is 603 g/mol.